The Morgan fingerprint density at radius 1 is 1.04 bits per heavy atom. The van der Waals surface area contributed by atoms with E-state index in [1.165, 1.54) is 12.1 Å². The Kier molecular flexibility index (Phi) is 5.02. The number of carbonyl (C=O) groups excluding carboxylic acids is 2. The van der Waals surface area contributed by atoms with Gasteiger partial charge in [0.2, 0.25) is 5.91 Å². The number of nitrogens with one attached hydrogen (secondary N) is 3. The van der Waals surface area contributed by atoms with Gasteiger partial charge in [-0.05, 0) is 36.4 Å². The highest BCUT2D eigenvalue weighted by Crippen LogP contribution is 2.06. The molecule has 0 radical (unpaired) electrons. The van der Waals surface area contributed by atoms with E-state index in [1.54, 1.807) is 24.3 Å². The summed E-state index contributed by atoms with van der Waals surface area (Å²) >= 11 is 0. The molecule has 0 spiro atoms. The van der Waals surface area contributed by atoms with Gasteiger partial charge in [-0.2, -0.15) is 0 Å². The van der Waals surface area contributed by atoms with Crippen LogP contribution >= 0.6 is 0 Å². The summed E-state index contributed by atoms with van der Waals surface area (Å²) in [5, 5.41) is 0.479. The smallest absolute Gasteiger partial charge is 0.269 e. The summed E-state index contributed by atoms with van der Waals surface area (Å²) in [6, 6.07) is 11.8. The van der Waals surface area contributed by atoms with Crippen molar-refractivity contribution in [2.24, 2.45) is 0 Å². The molecule has 0 bridgehead atoms. The zero-order chi connectivity index (χ0) is 18.5. The number of carbonyl (C=O) groups is 2. The number of aromatic amines is 1. The SMILES string of the molecule is O=C(CCc1nc2ccccc2c(=O)[nH]1)NNC(=O)c1ccc(F)cc1. The minimum atomic E-state index is -0.560. The summed E-state index contributed by atoms with van der Waals surface area (Å²) in [5.41, 5.74) is 5.01. The fourth-order valence-corrected chi connectivity index (χ4v) is 2.35. The summed E-state index contributed by atoms with van der Waals surface area (Å²) in [6.07, 6.45) is 0.226. The molecule has 7 nitrogen and oxygen atoms in total. The van der Waals surface area contributed by atoms with Crippen molar-refractivity contribution in [3.8, 4) is 0 Å². The Hall–Kier alpha value is -3.55. The first-order valence-corrected chi connectivity index (χ1v) is 7.85. The van der Waals surface area contributed by atoms with Crippen molar-refractivity contribution in [1.29, 1.82) is 0 Å². The van der Waals surface area contributed by atoms with Crippen molar-refractivity contribution in [2.45, 2.75) is 12.8 Å². The predicted molar refractivity (Wildman–Crippen MR) is 92.7 cm³/mol. The Morgan fingerprint density at radius 3 is 2.54 bits per heavy atom. The molecule has 0 fully saturated rings. The van der Waals surface area contributed by atoms with E-state index in [-0.39, 0.29) is 24.0 Å². The molecule has 3 rings (SSSR count). The Balaban J connectivity index is 1.55. The minimum Gasteiger partial charge on any atom is -0.310 e. The monoisotopic (exact) mass is 354 g/mol. The number of rotatable bonds is 4. The number of nitrogens with zero attached hydrogens (tertiary/aromatic N) is 1. The number of hydrogen-bond donors (Lipinski definition) is 3. The number of para-hydroxylation sites is 1. The van der Waals surface area contributed by atoms with Crippen LogP contribution in [0.5, 0.6) is 0 Å². The molecule has 0 saturated carbocycles. The molecule has 26 heavy (non-hydrogen) atoms. The standard InChI is InChI=1S/C18H15FN4O3/c19-12-7-5-11(6-8-12)17(25)23-22-16(24)10-9-15-20-14-4-2-1-3-13(14)18(26)21-15/h1-8H,9-10H2,(H,22,24)(H,23,25)(H,20,21,26). The maximum atomic E-state index is 12.8. The van der Waals surface area contributed by atoms with E-state index < -0.39 is 17.6 Å². The Bertz CT molecular complexity index is 1010. The molecule has 3 aromatic rings. The lowest BCUT2D eigenvalue weighted by Crippen LogP contribution is -2.41. The molecule has 8 heteroatoms. The molecule has 1 aromatic heterocycles. The third-order valence-corrected chi connectivity index (χ3v) is 3.67. The van der Waals surface area contributed by atoms with Crippen LogP contribution in [0.15, 0.2) is 53.3 Å². The molecule has 2 aromatic carbocycles. The van der Waals surface area contributed by atoms with Crippen LogP contribution in [-0.2, 0) is 11.2 Å². The molecule has 1 heterocycles. The quantitative estimate of drug-likeness (QED) is 0.617. The summed E-state index contributed by atoms with van der Waals surface area (Å²) in [6.45, 7) is 0. The number of hydrazine groups is 1. The zero-order valence-electron chi connectivity index (χ0n) is 13.6. The molecule has 2 amide bonds. The molecule has 3 N–H and O–H groups in total. The van der Waals surface area contributed by atoms with Crippen molar-refractivity contribution < 1.29 is 14.0 Å². The van der Waals surface area contributed by atoms with E-state index >= 15 is 0 Å². The predicted octanol–water partition coefficient (Wildman–Crippen LogP) is 1.46. The maximum absolute atomic E-state index is 12.8. The van der Waals surface area contributed by atoms with Gasteiger partial charge in [0.05, 0.1) is 10.9 Å². The van der Waals surface area contributed by atoms with Gasteiger partial charge in [0.25, 0.3) is 11.5 Å². The minimum absolute atomic E-state index is 0.0188. The van der Waals surface area contributed by atoms with Gasteiger partial charge < -0.3 is 4.98 Å². The molecule has 0 unspecified atom stereocenters. The first kappa shape index (κ1) is 17.3. The molecule has 0 atom stereocenters. The van der Waals surface area contributed by atoms with E-state index in [4.69, 9.17) is 0 Å². The molecule has 0 saturated heterocycles. The molecular formula is C18H15FN4O3. The topological polar surface area (TPSA) is 104 Å². The number of aromatic nitrogens is 2. The molecular weight excluding hydrogens is 339 g/mol. The first-order valence-electron chi connectivity index (χ1n) is 7.85. The molecule has 0 aliphatic rings. The molecule has 0 aliphatic heterocycles. The number of fused-ring (bicyclic) bond motifs is 1. The highest BCUT2D eigenvalue weighted by molar-refractivity contribution is 5.95. The van der Waals surface area contributed by atoms with E-state index in [1.807, 2.05) is 0 Å². The van der Waals surface area contributed by atoms with E-state index in [0.29, 0.717) is 16.7 Å². The van der Waals surface area contributed by atoms with Crippen LogP contribution in [0.2, 0.25) is 0 Å². The normalized spacial score (nSPS) is 10.5. The van der Waals surface area contributed by atoms with Gasteiger partial charge in [-0.1, -0.05) is 12.1 Å². The van der Waals surface area contributed by atoms with E-state index in [0.717, 1.165) is 12.1 Å². The second-order valence-corrected chi connectivity index (χ2v) is 5.54. The van der Waals surface area contributed by atoms with E-state index in [9.17, 15) is 18.8 Å². The summed E-state index contributed by atoms with van der Waals surface area (Å²) in [7, 11) is 0. The highest BCUT2D eigenvalue weighted by Gasteiger charge is 2.09. The number of hydrogen-bond acceptors (Lipinski definition) is 4. The van der Waals surface area contributed by atoms with Crippen LogP contribution in [0.25, 0.3) is 10.9 Å². The number of H-pyrrole nitrogens is 1. The average molecular weight is 354 g/mol. The second-order valence-electron chi connectivity index (χ2n) is 5.54. The number of amides is 2. The van der Waals surface area contributed by atoms with Crippen LogP contribution in [0.3, 0.4) is 0 Å². The third-order valence-electron chi connectivity index (χ3n) is 3.67. The lowest BCUT2D eigenvalue weighted by atomic mass is 10.2. The Morgan fingerprint density at radius 2 is 1.77 bits per heavy atom. The van der Waals surface area contributed by atoms with Crippen LogP contribution < -0.4 is 16.4 Å². The van der Waals surface area contributed by atoms with Crippen LogP contribution in [-0.4, -0.2) is 21.8 Å². The fourth-order valence-electron chi connectivity index (χ4n) is 2.35. The Labute approximate surface area is 147 Å². The zero-order valence-corrected chi connectivity index (χ0v) is 13.6. The molecule has 132 valence electrons. The van der Waals surface area contributed by atoms with Crippen LogP contribution in [0.4, 0.5) is 4.39 Å². The lowest BCUT2D eigenvalue weighted by molar-refractivity contribution is -0.121. The second kappa shape index (κ2) is 7.56. The van der Waals surface area contributed by atoms with Crippen molar-refractivity contribution in [1.82, 2.24) is 20.8 Å². The van der Waals surface area contributed by atoms with Crippen LogP contribution in [0, 0.1) is 5.82 Å². The lowest BCUT2D eigenvalue weighted by Gasteiger charge is -2.07. The maximum Gasteiger partial charge on any atom is 0.269 e. The number of aryl methyl sites for hydroxylation is 1. The first-order chi connectivity index (χ1) is 12.5. The van der Waals surface area contributed by atoms with Crippen molar-refractivity contribution >= 4 is 22.7 Å². The van der Waals surface area contributed by atoms with Crippen molar-refractivity contribution in [3.63, 3.8) is 0 Å². The number of halogens is 1. The fraction of sp³-hybridized carbons (Fsp3) is 0.111. The van der Waals surface area contributed by atoms with E-state index in [2.05, 4.69) is 20.8 Å². The van der Waals surface area contributed by atoms with Gasteiger partial charge in [-0.3, -0.25) is 25.2 Å². The third kappa shape index (κ3) is 4.10. The van der Waals surface area contributed by atoms with Crippen molar-refractivity contribution in [3.05, 3.63) is 76.1 Å². The average Bonchev–Trinajstić information content (AvgIpc) is 2.65. The van der Waals surface area contributed by atoms with Crippen LogP contribution in [0.1, 0.15) is 22.6 Å². The molecule has 0 aliphatic carbocycles. The number of benzene rings is 2. The van der Waals surface area contributed by atoms with Gasteiger partial charge in [-0.15, -0.1) is 0 Å². The largest absolute Gasteiger partial charge is 0.310 e. The summed E-state index contributed by atoms with van der Waals surface area (Å²) < 4.78 is 12.8. The van der Waals surface area contributed by atoms with Gasteiger partial charge in [-0.25, -0.2) is 9.37 Å². The van der Waals surface area contributed by atoms with Gasteiger partial charge in [0, 0.05) is 18.4 Å². The van der Waals surface area contributed by atoms with Gasteiger partial charge in [0.15, 0.2) is 0 Å². The summed E-state index contributed by atoms with van der Waals surface area (Å²) in [5.74, 6) is -1.08. The van der Waals surface area contributed by atoms with Crippen molar-refractivity contribution in [2.75, 3.05) is 0 Å². The van der Waals surface area contributed by atoms with Gasteiger partial charge in [0.1, 0.15) is 11.6 Å². The van der Waals surface area contributed by atoms with Gasteiger partial charge >= 0.3 is 0 Å². The highest BCUT2D eigenvalue weighted by atomic mass is 19.1. The summed E-state index contributed by atoms with van der Waals surface area (Å²) in [4.78, 5) is 42.6.